The Morgan fingerprint density at radius 2 is 2.18 bits per heavy atom. The van der Waals surface area contributed by atoms with Gasteiger partial charge in [-0.25, -0.2) is 8.42 Å². The maximum atomic E-state index is 11.0. The molecule has 1 aliphatic rings. The van der Waals surface area contributed by atoms with Gasteiger partial charge in [-0.15, -0.1) is 0 Å². The molecule has 1 saturated heterocycles. The first-order valence-electron chi connectivity index (χ1n) is 3.96. The van der Waals surface area contributed by atoms with Gasteiger partial charge >= 0.3 is 0 Å². The zero-order chi connectivity index (χ0) is 8.48. The zero-order valence-corrected chi connectivity index (χ0v) is 7.89. The Morgan fingerprint density at radius 3 is 2.55 bits per heavy atom. The predicted octanol–water partition coefficient (Wildman–Crippen LogP) is 0.125. The van der Waals surface area contributed by atoms with Crippen molar-refractivity contribution < 1.29 is 8.42 Å². The van der Waals surface area contributed by atoms with Crippen LogP contribution in [0.3, 0.4) is 0 Å². The molecule has 0 amide bonds. The fourth-order valence-corrected chi connectivity index (χ4v) is 3.19. The average Bonchev–Trinajstić information content (AvgIpc) is 2.29. The Kier molecular flexibility index (Phi) is 2.54. The van der Waals surface area contributed by atoms with Crippen LogP contribution in [0.5, 0.6) is 0 Å². The van der Waals surface area contributed by atoms with Gasteiger partial charge < -0.3 is 4.90 Å². The molecular formula is C7H15NO2S. The number of sulfone groups is 1. The van der Waals surface area contributed by atoms with Crippen LogP contribution in [-0.4, -0.2) is 44.5 Å². The van der Waals surface area contributed by atoms with E-state index in [2.05, 4.69) is 4.90 Å². The lowest BCUT2D eigenvalue weighted by molar-refractivity contribution is 0.276. The van der Waals surface area contributed by atoms with E-state index in [9.17, 15) is 8.42 Å². The van der Waals surface area contributed by atoms with Crippen molar-refractivity contribution in [1.29, 1.82) is 0 Å². The van der Waals surface area contributed by atoms with Gasteiger partial charge in [0.1, 0.15) is 0 Å². The molecule has 0 aromatic rings. The molecule has 0 saturated carbocycles. The maximum Gasteiger partial charge on any atom is 0.151 e. The number of rotatable bonds is 2. The highest BCUT2D eigenvalue weighted by molar-refractivity contribution is 7.91. The molecule has 4 heteroatoms. The van der Waals surface area contributed by atoms with Crippen LogP contribution in [0.2, 0.25) is 0 Å². The highest BCUT2D eigenvalue weighted by atomic mass is 32.2. The molecule has 1 rings (SSSR count). The molecule has 11 heavy (non-hydrogen) atoms. The van der Waals surface area contributed by atoms with Gasteiger partial charge in [-0.3, -0.25) is 0 Å². The van der Waals surface area contributed by atoms with Gasteiger partial charge in [-0.2, -0.15) is 0 Å². The van der Waals surface area contributed by atoms with Crippen molar-refractivity contribution in [1.82, 2.24) is 4.90 Å². The summed E-state index contributed by atoms with van der Waals surface area (Å²) in [6.07, 6.45) is 0.812. The monoisotopic (exact) mass is 177 g/mol. The number of hydrogen-bond acceptors (Lipinski definition) is 3. The highest BCUT2D eigenvalue weighted by Crippen LogP contribution is 2.15. The molecule has 0 aromatic heterocycles. The summed E-state index contributed by atoms with van der Waals surface area (Å²) in [5.74, 6) is 0.735. The van der Waals surface area contributed by atoms with Crippen LogP contribution in [0, 0.1) is 0 Å². The third kappa shape index (κ3) is 2.17. The van der Waals surface area contributed by atoms with Gasteiger partial charge in [0.15, 0.2) is 9.84 Å². The van der Waals surface area contributed by atoms with Crippen LogP contribution in [0.1, 0.15) is 13.3 Å². The largest absolute Gasteiger partial charge is 0.303 e. The standard InChI is InChI=1S/C7H15NO2S/c1-3-8(2)7-4-5-11(9,10)6-7/h7H,3-6H2,1-2H3. The van der Waals surface area contributed by atoms with Gasteiger partial charge in [0.2, 0.25) is 0 Å². The summed E-state index contributed by atoms with van der Waals surface area (Å²) < 4.78 is 22.1. The Labute approximate surface area is 68.3 Å². The first-order valence-corrected chi connectivity index (χ1v) is 5.78. The van der Waals surface area contributed by atoms with Gasteiger partial charge in [0.05, 0.1) is 11.5 Å². The fourth-order valence-electron chi connectivity index (χ4n) is 1.38. The Bertz CT molecular complexity index is 223. The van der Waals surface area contributed by atoms with Crippen molar-refractivity contribution >= 4 is 9.84 Å². The van der Waals surface area contributed by atoms with Crippen molar-refractivity contribution in [3.8, 4) is 0 Å². The molecule has 0 radical (unpaired) electrons. The smallest absolute Gasteiger partial charge is 0.151 e. The van der Waals surface area contributed by atoms with Crippen molar-refractivity contribution in [2.75, 3.05) is 25.1 Å². The Balaban J connectivity index is 2.55. The molecular weight excluding hydrogens is 162 g/mol. The zero-order valence-electron chi connectivity index (χ0n) is 7.08. The van der Waals surface area contributed by atoms with E-state index in [0.717, 1.165) is 13.0 Å². The summed E-state index contributed by atoms with van der Waals surface area (Å²) in [7, 11) is -0.715. The third-order valence-electron chi connectivity index (χ3n) is 2.33. The topological polar surface area (TPSA) is 37.4 Å². The van der Waals surface area contributed by atoms with Crippen LogP contribution >= 0.6 is 0 Å². The lowest BCUT2D eigenvalue weighted by atomic mass is 10.2. The van der Waals surface area contributed by atoms with E-state index in [1.54, 1.807) is 0 Å². The van der Waals surface area contributed by atoms with Crippen LogP contribution in [-0.2, 0) is 9.84 Å². The normalized spacial score (nSPS) is 29.5. The van der Waals surface area contributed by atoms with Gasteiger partial charge in [-0.05, 0) is 20.0 Å². The van der Waals surface area contributed by atoms with Crippen LogP contribution in [0.4, 0.5) is 0 Å². The number of hydrogen-bond donors (Lipinski definition) is 0. The summed E-state index contributed by atoms with van der Waals surface area (Å²) in [6, 6.07) is 0.269. The van der Waals surface area contributed by atoms with Crippen molar-refractivity contribution in [2.24, 2.45) is 0 Å². The molecule has 1 heterocycles. The number of nitrogens with zero attached hydrogens (tertiary/aromatic N) is 1. The summed E-state index contributed by atoms with van der Waals surface area (Å²) in [5.41, 5.74) is 0. The van der Waals surface area contributed by atoms with Gasteiger partial charge in [0.25, 0.3) is 0 Å². The second kappa shape index (κ2) is 3.11. The van der Waals surface area contributed by atoms with Crippen molar-refractivity contribution in [2.45, 2.75) is 19.4 Å². The molecule has 1 atom stereocenters. The van der Waals surface area contributed by atoms with Gasteiger partial charge in [-0.1, -0.05) is 6.92 Å². The molecule has 0 aliphatic carbocycles. The van der Waals surface area contributed by atoms with E-state index < -0.39 is 9.84 Å². The molecule has 1 aliphatic heterocycles. The summed E-state index contributed by atoms with van der Waals surface area (Å²) >= 11 is 0. The molecule has 66 valence electrons. The van der Waals surface area contributed by atoms with Crippen molar-refractivity contribution in [3.05, 3.63) is 0 Å². The molecule has 0 bridgehead atoms. The average molecular weight is 177 g/mol. The first-order chi connectivity index (χ1) is 5.05. The predicted molar refractivity (Wildman–Crippen MR) is 45.4 cm³/mol. The van der Waals surface area contributed by atoms with Crippen LogP contribution in [0.25, 0.3) is 0 Å². The molecule has 0 aromatic carbocycles. The van der Waals surface area contributed by atoms with E-state index in [1.165, 1.54) is 0 Å². The molecule has 0 spiro atoms. The summed E-state index contributed by atoms with van der Waals surface area (Å²) in [6.45, 7) is 2.98. The Hall–Kier alpha value is -0.0900. The van der Waals surface area contributed by atoms with Crippen LogP contribution in [0.15, 0.2) is 0 Å². The molecule has 1 unspecified atom stereocenters. The molecule has 1 fully saturated rings. The minimum Gasteiger partial charge on any atom is -0.303 e. The van der Waals surface area contributed by atoms with Crippen LogP contribution < -0.4 is 0 Å². The minimum atomic E-state index is -2.69. The second-order valence-corrected chi connectivity index (χ2v) is 5.36. The van der Waals surface area contributed by atoms with E-state index >= 15 is 0 Å². The third-order valence-corrected chi connectivity index (χ3v) is 4.08. The highest BCUT2D eigenvalue weighted by Gasteiger charge is 2.29. The SMILES string of the molecule is CCN(C)C1CCS(=O)(=O)C1. The second-order valence-electron chi connectivity index (χ2n) is 3.13. The minimum absolute atomic E-state index is 0.269. The maximum absolute atomic E-state index is 11.0. The molecule has 3 nitrogen and oxygen atoms in total. The lowest BCUT2D eigenvalue weighted by Crippen LogP contribution is -2.32. The summed E-state index contributed by atoms with van der Waals surface area (Å²) in [4.78, 5) is 2.10. The first kappa shape index (κ1) is 9.00. The fraction of sp³-hybridized carbons (Fsp3) is 1.00. The summed E-state index contributed by atoms with van der Waals surface area (Å²) in [5, 5.41) is 0. The lowest BCUT2D eigenvalue weighted by Gasteiger charge is -2.20. The Morgan fingerprint density at radius 1 is 1.55 bits per heavy atom. The molecule has 0 N–H and O–H groups in total. The van der Waals surface area contributed by atoms with E-state index in [-0.39, 0.29) is 6.04 Å². The van der Waals surface area contributed by atoms with E-state index in [4.69, 9.17) is 0 Å². The van der Waals surface area contributed by atoms with Crippen molar-refractivity contribution in [3.63, 3.8) is 0 Å². The quantitative estimate of drug-likeness (QED) is 0.601. The van der Waals surface area contributed by atoms with E-state index in [1.807, 2.05) is 14.0 Å². The van der Waals surface area contributed by atoms with Gasteiger partial charge in [0, 0.05) is 6.04 Å². The van der Waals surface area contributed by atoms with E-state index in [0.29, 0.717) is 11.5 Å².